The number of hydrogen-bond acceptors (Lipinski definition) is 3. The van der Waals surface area contributed by atoms with E-state index >= 15 is 0 Å². The Balaban J connectivity index is 2.97. The fourth-order valence-corrected chi connectivity index (χ4v) is 1.72. The van der Waals surface area contributed by atoms with E-state index in [1.54, 1.807) is 12.1 Å². The van der Waals surface area contributed by atoms with Crippen molar-refractivity contribution >= 4 is 5.97 Å². The van der Waals surface area contributed by atoms with Gasteiger partial charge >= 0.3 is 5.97 Å². The highest BCUT2D eigenvalue weighted by atomic mass is 19.1. The molecule has 0 spiro atoms. The Morgan fingerprint density at radius 2 is 2.12 bits per heavy atom. The van der Waals surface area contributed by atoms with Crippen LogP contribution in [0.4, 0.5) is 4.39 Å². The SMILES string of the molecule is CCC(CC(=O)OC)c1cc(OC)ccc1F. The molecule has 94 valence electrons. The van der Waals surface area contributed by atoms with E-state index in [0.717, 1.165) is 0 Å². The Hall–Kier alpha value is -1.58. The van der Waals surface area contributed by atoms with Gasteiger partial charge < -0.3 is 9.47 Å². The molecule has 1 aromatic carbocycles. The van der Waals surface area contributed by atoms with Gasteiger partial charge in [-0.05, 0) is 36.1 Å². The number of benzene rings is 1. The molecule has 0 heterocycles. The van der Waals surface area contributed by atoms with Crippen molar-refractivity contribution in [2.24, 2.45) is 0 Å². The van der Waals surface area contributed by atoms with Crippen LogP contribution in [0, 0.1) is 5.82 Å². The second kappa shape index (κ2) is 6.23. The Morgan fingerprint density at radius 1 is 1.41 bits per heavy atom. The molecule has 0 fully saturated rings. The lowest BCUT2D eigenvalue weighted by atomic mass is 9.92. The minimum Gasteiger partial charge on any atom is -0.497 e. The van der Waals surface area contributed by atoms with Crippen LogP contribution in [0.15, 0.2) is 18.2 Å². The second-order valence-corrected chi connectivity index (χ2v) is 3.77. The van der Waals surface area contributed by atoms with Crippen molar-refractivity contribution in [2.45, 2.75) is 25.7 Å². The van der Waals surface area contributed by atoms with E-state index < -0.39 is 0 Å². The first-order valence-electron chi connectivity index (χ1n) is 5.52. The molecule has 0 saturated carbocycles. The number of halogens is 1. The molecular formula is C13H17FO3. The topological polar surface area (TPSA) is 35.5 Å². The third-order valence-corrected chi connectivity index (χ3v) is 2.78. The maximum Gasteiger partial charge on any atom is 0.306 e. The van der Waals surface area contributed by atoms with E-state index in [2.05, 4.69) is 4.74 Å². The minimum absolute atomic E-state index is 0.178. The van der Waals surface area contributed by atoms with Gasteiger partial charge in [0.05, 0.1) is 20.6 Å². The van der Waals surface area contributed by atoms with Gasteiger partial charge in [-0.3, -0.25) is 4.79 Å². The fraction of sp³-hybridized carbons (Fsp3) is 0.462. The largest absolute Gasteiger partial charge is 0.497 e. The highest BCUT2D eigenvalue weighted by Gasteiger charge is 2.18. The first-order valence-corrected chi connectivity index (χ1v) is 5.52. The number of carbonyl (C=O) groups excluding carboxylic acids is 1. The zero-order valence-corrected chi connectivity index (χ0v) is 10.3. The van der Waals surface area contributed by atoms with E-state index in [1.807, 2.05) is 6.92 Å². The molecule has 0 amide bonds. The summed E-state index contributed by atoms with van der Waals surface area (Å²) in [5, 5.41) is 0. The molecule has 0 N–H and O–H groups in total. The van der Waals surface area contributed by atoms with Gasteiger partial charge in [-0.2, -0.15) is 0 Å². The van der Waals surface area contributed by atoms with E-state index in [9.17, 15) is 9.18 Å². The molecule has 0 saturated heterocycles. The van der Waals surface area contributed by atoms with Gasteiger partial charge in [-0.25, -0.2) is 4.39 Å². The standard InChI is InChI=1S/C13H17FO3/c1-4-9(7-13(15)17-3)11-8-10(16-2)5-6-12(11)14/h5-6,8-9H,4,7H2,1-3H3. The van der Waals surface area contributed by atoms with Crippen molar-refractivity contribution in [1.29, 1.82) is 0 Å². The quantitative estimate of drug-likeness (QED) is 0.742. The number of ether oxygens (including phenoxy) is 2. The molecule has 1 rings (SSSR count). The van der Waals surface area contributed by atoms with Crippen LogP contribution in [0.25, 0.3) is 0 Å². The molecule has 1 unspecified atom stereocenters. The molecule has 0 aliphatic carbocycles. The number of methoxy groups -OCH3 is 2. The Bertz CT molecular complexity index is 390. The first-order chi connectivity index (χ1) is 8.12. The van der Waals surface area contributed by atoms with Gasteiger partial charge in [-0.15, -0.1) is 0 Å². The summed E-state index contributed by atoms with van der Waals surface area (Å²) >= 11 is 0. The van der Waals surface area contributed by atoms with Crippen molar-refractivity contribution in [1.82, 2.24) is 0 Å². The van der Waals surface area contributed by atoms with E-state index in [-0.39, 0.29) is 24.1 Å². The number of carbonyl (C=O) groups is 1. The zero-order valence-electron chi connectivity index (χ0n) is 10.3. The summed E-state index contributed by atoms with van der Waals surface area (Å²) < 4.78 is 23.4. The third kappa shape index (κ3) is 3.44. The molecule has 0 aromatic heterocycles. The van der Waals surface area contributed by atoms with Crippen LogP contribution in [-0.4, -0.2) is 20.2 Å². The molecule has 0 radical (unpaired) electrons. The molecule has 0 aliphatic rings. The van der Waals surface area contributed by atoms with E-state index in [4.69, 9.17) is 4.74 Å². The summed E-state index contributed by atoms with van der Waals surface area (Å²) in [6, 6.07) is 4.55. The predicted octanol–water partition coefficient (Wildman–Crippen LogP) is 2.89. The van der Waals surface area contributed by atoms with Gasteiger partial charge in [0.2, 0.25) is 0 Å². The van der Waals surface area contributed by atoms with Crippen LogP contribution in [-0.2, 0) is 9.53 Å². The molecule has 1 atom stereocenters. The van der Waals surface area contributed by atoms with Crippen LogP contribution in [0.3, 0.4) is 0 Å². The summed E-state index contributed by atoms with van der Waals surface area (Å²) in [5.41, 5.74) is 0.497. The molecule has 17 heavy (non-hydrogen) atoms. The molecule has 4 heteroatoms. The maximum absolute atomic E-state index is 13.7. The number of hydrogen-bond donors (Lipinski definition) is 0. The highest BCUT2D eigenvalue weighted by molar-refractivity contribution is 5.70. The minimum atomic E-state index is -0.334. The fourth-order valence-electron chi connectivity index (χ4n) is 1.72. The summed E-state index contributed by atoms with van der Waals surface area (Å²) in [7, 11) is 2.86. The molecule has 3 nitrogen and oxygen atoms in total. The average Bonchev–Trinajstić information content (AvgIpc) is 2.36. The summed E-state index contributed by atoms with van der Waals surface area (Å²) in [6.07, 6.45) is 0.844. The molecule has 0 bridgehead atoms. The predicted molar refractivity (Wildman–Crippen MR) is 62.6 cm³/mol. The van der Waals surface area contributed by atoms with Crippen LogP contribution >= 0.6 is 0 Å². The van der Waals surface area contributed by atoms with E-state index in [1.165, 1.54) is 20.3 Å². The lowest BCUT2D eigenvalue weighted by molar-refractivity contribution is -0.141. The molecule has 1 aromatic rings. The first kappa shape index (κ1) is 13.5. The summed E-state index contributed by atoms with van der Waals surface area (Å²) in [6.45, 7) is 1.91. The van der Waals surface area contributed by atoms with Gasteiger partial charge in [-0.1, -0.05) is 6.92 Å². The summed E-state index contributed by atoms with van der Waals surface area (Å²) in [5.74, 6) is -0.247. The van der Waals surface area contributed by atoms with Crippen LogP contribution < -0.4 is 4.74 Å². The van der Waals surface area contributed by atoms with Gasteiger partial charge in [0.25, 0.3) is 0 Å². The Kier molecular flexibility index (Phi) is 4.94. The lowest BCUT2D eigenvalue weighted by Gasteiger charge is -2.15. The average molecular weight is 240 g/mol. The van der Waals surface area contributed by atoms with Crippen LogP contribution in [0.1, 0.15) is 31.2 Å². The summed E-state index contributed by atoms with van der Waals surface area (Å²) in [4.78, 5) is 11.2. The van der Waals surface area contributed by atoms with Crippen molar-refractivity contribution in [3.05, 3.63) is 29.6 Å². The van der Waals surface area contributed by atoms with Crippen LogP contribution in [0.5, 0.6) is 5.75 Å². The number of esters is 1. The molecule has 0 aliphatic heterocycles. The monoisotopic (exact) mass is 240 g/mol. The number of rotatable bonds is 5. The lowest BCUT2D eigenvalue weighted by Crippen LogP contribution is -2.09. The molecular weight excluding hydrogens is 223 g/mol. The van der Waals surface area contributed by atoms with Gasteiger partial charge in [0.1, 0.15) is 11.6 Å². The third-order valence-electron chi connectivity index (χ3n) is 2.78. The van der Waals surface area contributed by atoms with Crippen molar-refractivity contribution in [3.8, 4) is 5.75 Å². The highest BCUT2D eigenvalue weighted by Crippen LogP contribution is 2.29. The van der Waals surface area contributed by atoms with Crippen molar-refractivity contribution < 1.29 is 18.7 Å². The Morgan fingerprint density at radius 3 is 2.65 bits per heavy atom. The van der Waals surface area contributed by atoms with Crippen LogP contribution in [0.2, 0.25) is 0 Å². The zero-order chi connectivity index (χ0) is 12.8. The van der Waals surface area contributed by atoms with Crippen molar-refractivity contribution in [3.63, 3.8) is 0 Å². The smallest absolute Gasteiger partial charge is 0.306 e. The van der Waals surface area contributed by atoms with Gasteiger partial charge in [0.15, 0.2) is 0 Å². The van der Waals surface area contributed by atoms with Gasteiger partial charge in [0, 0.05) is 0 Å². The maximum atomic E-state index is 13.7. The Labute approximate surface area is 101 Å². The van der Waals surface area contributed by atoms with Crippen molar-refractivity contribution in [2.75, 3.05) is 14.2 Å². The second-order valence-electron chi connectivity index (χ2n) is 3.77. The van der Waals surface area contributed by atoms with E-state index in [0.29, 0.717) is 17.7 Å². The normalized spacial score (nSPS) is 12.0.